The molecule has 0 spiro atoms. The average Bonchev–Trinajstić information content (AvgIpc) is 3.37. The summed E-state index contributed by atoms with van der Waals surface area (Å²) in [4.78, 5) is 14.5. The summed E-state index contributed by atoms with van der Waals surface area (Å²) in [5, 5.41) is 1.04. The predicted molar refractivity (Wildman–Crippen MR) is 163 cm³/mol. The molecule has 42 heavy (non-hydrogen) atoms. The Kier molecular flexibility index (Phi) is 6.48. The van der Waals surface area contributed by atoms with Crippen molar-refractivity contribution in [2.75, 3.05) is 12.3 Å². The second-order valence-electron chi connectivity index (χ2n) is 10.9. The van der Waals surface area contributed by atoms with Crippen molar-refractivity contribution in [1.82, 2.24) is 19.4 Å². The SMILES string of the molecule is Cc1ccc(S(=O)(=O)OC[C@H]2C[C@H](c3nc(-c4ccc5ccc(-c6ccccc6)nc5c4)c4c(N)nccn43)C2)cc1. The molecule has 3 heterocycles. The highest BCUT2D eigenvalue weighted by molar-refractivity contribution is 7.86. The van der Waals surface area contributed by atoms with Crippen molar-refractivity contribution in [2.45, 2.75) is 30.6 Å². The molecule has 1 aliphatic carbocycles. The van der Waals surface area contributed by atoms with Gasteiger partial charge in [0.2, 0.25) is 0 Å². The van der Waals surface area contributed by atoms with E-state index in [0.29, 0.717) is 5.82 Å². The van der Waals surface area contributed by atoms with Gasteiger partial charge >= 0.3 is 0 Å². The number of aromatic nitrogens is 4. The zero-order valence-electron chi connectivity index (χ0n) is 23.0. The van der Waals surface area contributed by atoms with E-state index >= 15 is 0 Å². The Bertz CT molecular complexity index is 2030. The summed E-state index contributed by atoms with van der Waals surface area (Å²) in [5.74, 6) is 1.55. The van der Waals surface area contributed by atoms with Gasteiger partial charge in [0.15, 0.2) is 0 Å². The summed E-state index contributed by atoms with van der Waals surface area (Å²) in [6.45, 7) is 2.06. The van der Waals surface area contributed by atoms with Crippen molar-refractivity contribution >= 4 is 32.4 Å². The number of fused-ring (bicyclic) bond motifs is 2. The Morgan fingerprint density at radius 2 is 1.69 bits per heavy atom. The molecule has 0 saturated heterocycles. The smallest absolute Gasteiger partial charge is 0.296 e. The minimum absolute atomic E-state index is 0.117. The number of pyridine rings is 1. The van der Waals surface area contributed by atoms with Crippen molar-refractivity contribution in [3.8, 4) is 22.5 Å². The van der Waals surface area contributed by atoms with Gasteiger partial charge in [-0.15, -0.1) is 0 Å². The maximum absolute atomic E-state index is 12.6. The number of hydrogen-bond donors (Lipinski definition) is 1. The van der Waals surface area contributed by atoms with Crippen molar-refractivity contribution in [3.05, 3.63) is 109 Å². The summed E-state index contributed by atoms with van der Waals surface area (Å²) < 4.78 is 32.7. The summed E-state index contributed by atoms with van der Waals surface area (Å²) in [7, 11) is -3.79. The van der Waals surface area contributed by atoms with Crippen LogP contribution in [0.1, 0.15) is 30.1 Å². The number of rotatable bonds is 7. The van der Waals surface area contributed by atoms with Crippen molar-refractivity contribution in [1.29, 1.82) is 0 Å². The Morgan fingerprint density at radius 1 is 0.929 bits per heavy atom. The van der Waals surface area contributed by atoms with Crippen molar-refractivity contribution in [3.63, 3.8) is 0 Å². The molecule has 0 unspecified atom stereocenters. The van der Waals surface area contributed by atoms with Crippen LogP contribution in [0.25, 0.3) is 38.9 Å². The molecule has 2 N–H and O–H groups in total. The number of anilines is 1. The molecule has 0 bridgehead atoms. The highest BCUT2D eigenvalue weighted by Crippen LogP contribution is 2.43. The zero-order chi connectivity index (χ0) is 28.8. The lowest BCUT2D eigenvalue weighted by Crippen LogP contribution is -2.28. The second kappa shape index (κ2) is 10.3. The monoisotopic (exact) mass is 575 g/mol. The summed E-state index contributed by atoms with van der Waals surface area (Å²) in [6.07, 6.45) is 5.10. The van der Waals surface area contributed by atoms with E-state index in [1.54, 1.807) is 30.5 Å². The van der Waals surface area contributed by atoms with Gasteiger partial charge in [0.25, 0.3) is 10.1 Å². The van der Waals surface area contributed by atoms with Crippen LogP contribution in [0, 0.1) is 12.8 Å². The van der Waals surface area contributed by atoms with Gasteiger partial charge in [-0.05, 0) is 49.9 Å². The highest BCUT2D eigenvalue weighted by Gasteiger charge is 2.35. The average molecular weight is 576 g/mol. The van der Waals surface area contributed by atoms with Gasteiger partial charge in [-0.3, -0.25) is 8.58 Å². The van der Waals surface area contributed by atoms with E-state index in [1.807, 2.05) is 53.9 Å². The zero-order valence-corrected chi connectivity index (χ0v) is 23.8. The molecule has 6 aromatic rings. The van der Waals surface area contributed by atoms with E-state index in [0.717, 1.165) is 63.2 Å². The molecule has 1 saturated carbocycles. The fourth-order valence-corrected chi connectivity index (χ4v) is 6.63. The molecule has 0 atom stereocenters. The number of imidazole rings is 1. The topological polar surface area (TPSA) is 112 Å². The Balaban J connectivity index is 1.15. The lowest BCUT2D eigenvalue weighted by atomic mass is 9.75. The van der Waals surface area contributed by atoms with Crippen molar-refractivity contribution < 1.29 is 12.6 Å². The van der Waals surface area contributed by atoms with Crippen LogP contribution in [0.2, 0.25) is 0 Å². The van der Waals surface area contributed by atoms with Gasteiger partial charge in [0.1, 0.15) is 22.9 Å². The van der Waals surface area contributed by atoms with Crippen LogP contribution >= 0.6 is 0 Å². The molecule has 1 fully saturated rings. The molecule has 1 aliphatic rings. The molecular weight excluding hydrogens is 546 g/mol. The van der Waals surface area contributed by atoms with Crippen molar-refractivity contribution in [2.24, 2.45) is 5.92 Å². The van der Waals surface area contributed by atoms with Gasteiger partial charge in [-0.1, -0.05) is 66.2 Å². The van der Waals surface area contributed by atoms with E-state index in [1.165, 1.54) is 0 Å². The van der Waals surface area contributed by atoms with Crippen LogP contribution in [0.3, 0.4) is 0 Å². The summed E-state index contributed by atoms with van der Waals surface area (Å²) >= 11 is 0. The number of aryl methyl sites for hydroxylation is 1. The summed E-state index contributed by atoms with van der Waals surface area (Å²) in [5.41, 5.74) is 12.6. The van der Waals surface area contributed by atoms with Crippen LogP contribution in [-0.4, -0.2) is 34.4 Å². The molecule has 3 aromatic carbocycles. The highest BCUT2D eigenvalue weighted by atomic mass is 32.2. The van der Waals surface area contributed by atoms with Gasteiger partial charge in [-0.25, -0.2) is 15.0 Å². The first-order chi connectivity index (χ1) is 20.4. The number of benzene rings is 3. The first kappa shape index (κ1) is 26.3. The molecular formula is C33H29N5O3S. The van der Waals surface area contributed by atoms with Gasteiger partial charge < -0.3 is 5.73 Å². The first-order valence-electron chi connectivity index (χ1n) is 13.9. The first-order valence-corrected chi connectivity index (χ1v) is 15.3. The maximum Gasteiger partial charge on any atom is 0.296 e. The quantitative estimate of drug-likeness (QED) is 0.219. The molecule has 0 amide bonds. The Morgan fingerprint density at radius 3 is 2.48 bits per heavy atom. The lowest BCUT2D eigenvalue weighted by Gasteiger charge is -2.34. The normalized spacial score (nSPS) is 17.0. The number of nitrogens with zero attached hydrogens (tertiary/aromatic N) is 4. The lowest BCUT2D eigenvalue weighted by molar-refractivity contribution is 0.158. The number of nitrogens with two attached hydrogens (primary N) is 1. The third-order valence-electron chi connectivity index (χ3n) is 8.01. The fraction of sp³-hybridized carbons (Fsp3) is 0.182. The van der Waals surface area contributed by atoms with Crippen LogP contribution in [-0.2, 0) is 14.3 Å². The second-order valence-corrected chi connectivity index (χ2v) is 12.5. The number of nitrogen functional groups attached to an aromatic ring is 1. The molecule has 0 radical (unpaired) electrons. The predicted octanol–water partition coefficient (Wildman–Crippen LogP) is 6.40. The fourth-order valence-electron chi connectivity index (χ4n) is 5.65. The third kappa shape index (κ3) is 4.80. The Hall–Kier alpha value is -4.60. The maximum atomic E-state index is 12.6. The molecule has 3 aromatic heterocycles. The standard InChI is InChI=1S/C33H29N5O3S/c1-21-7-12-27(13-8-21)42(39,40)41-20-22-17-26(18-22)33-37-30(31-32(34)35-15-16-38(31)33)25-10-9-24-11-14-28(36-29(24)19-25)23-5-3-2-4-6-23/h2-16,19,22,26H,17-18,20H2,1H3,(H2,34,35)/t22-,26-. The Labute approximate surface area is 244 Å². The van der Waals surface area contributed by atoms with Gasteiger partial charge in [-0.2, -0.15) is 8.42 Å². The molecule has 7 rings (SSSR count). The molecule has 0 aliphatic heterocycles. The van der Waals surface area contributed by atoms with E-state index in [-0.39, 0.29) is 23.3 Å². The van der Waals surface area contributed by atoms with Crippen LogP contribution in [0.4, 0.5) is 5.82 Å². The number of hydrogen-bond acceptors (Lipinski definition) is 7. The van der Waals surface area contributed by atoms with Crippen LogP contribution < -0.4 is 5.73 Å². The van der Waals surface area contributed by atoms with Crippen LogP contribution in [0.5, 0.6) is 0 Å². The third-order valence-corrected chi connectivity index (χ3v) is 9.31. The van der Waals surface area contributed by atoms with E-state index < -0.39 is 10.1 Å². The van der Waals surface area contributed by atoms with E-state index in [2.05, 4.69) is 29.2 Å². The van der Waals surface area contributed by atoms with Gasteiger partial charge in [0.05, 0.1) is 22.7 Å². The van der Waals surface area contributed by atoms with E-state index in [4.69, 9.17) is 19.9 Å². The van der Waals surface area contributed by atoms with Gasteiger partial charge in [0, 0.05) is 34.8 Å². The minimum Gasteiger partial charge on any atom is -0.382 e. The summed E-state index contributed by atoms with van der Waals surface area (Å²) in [6, 6.07) is 27.1. The largest absolute Gasteiger partial charge is 0.382 e. The molecule has 9 heteroatoms. The molecule has 210 valence electrons. The minimum atomic E-state index is -3.79. The van der Waals surface area contributed by atoms with Crippen LogP contribution in [0.15, 0.2) is 102 Å². The molecule has 8 nitrogen and oxygen atoms in total. The van der Waals surface area contributed by atoms with E-state index in [9.17, 15) is 8.42 Å².